The molecule has 0 N–H and O–H groups in total. The van der Waals surface area contributed by atoms with Crippen molar-refractivity contribution in [2.45, 2.75) is 6.04 Å². The molecule has 0 heterocycles. The van der Waals surface area contributed by atoms with Crippen LogP contribution >= 0.6 is 22.2 Å². The molecule has 0 unspecified atom stereocenters. The third kappa shape index (κ3) is 2.88. The average molecular weight is 266 g/mol. The monoisotopic (exact) mass is 265 g/mol. The molecule has 2 aromatic carbocycles. The van der Waals surface area contributed by atoms with Crippen molar-refractivity contribution in [1.82, 2.24) is 0 Å². The van der Waals surface area contributed by atoms with Crippen LogP contribution in [0.15, 0.2) is 54.6 Å². The van der Waals surface area contributed by atoms with Gasteiger partial charge in [0.1, 0.15) is 0 Å². The van der Waals surface area contributed by atoms with Gasteiger partial charge in [0.25, 0.3) is 7.42 Å². The number of halogens is 2. The minimum atomic E-state index is -1.27. The Labute approximate surface area is 107 Å². The zero-order valence-electron chi connectivity index (χ0n) is 8.66. The quantitative estimate of drug-likeness (QED) is 0.570. The molecule has 0 spiro atoms. The lowest BCUT2D eigenvalue weighted by molar-refractivity contribution is 1.39. The topological polar surface area (TPSA) is 0 Å². The summed E-state index contributed by atoms with van der Waals surface area (Å²) in [6.45, 7) is 0. The molecule has 3 heteroatoms. The van der Waals surface area contributed by atoms with E-state index in [1.165, 1.54) is 16.7 Å². The Balaban J connectivity index is 2.41. The molecule has 0 fully saturated rings. The molecule has 0 atom stereocenters. The Bertz CT molecular complexity index is 454. The summed E-state index contributed by atoms with van der Waals surface area (Å²) in [7, 11) is -1.27. The Morgan fingerprint density at radius 1 is 0.812 bits per heavy atom. The van der Waals surface area contributed by atoms with Crippen molar-refractivity contribution in [1.29, 1.82) is 0 Å². The fourth-order valence-corrected chi connectivity index (χ4v) is 3.18. The zero-order chi connectivity index (χ0) is 11.4. The third-order valence-electron chi connectivity index (χ3n) is 2.43. The summed E-state index contributed by atoms with van der Waals surface area (Å²) >= 11 is 11.9. The summed E-state index contributed by atoms with van der Waals surface area (Å²) < 4.78 is 0. The van der Waals surface area contributed by atoms with Crippen LogP contribution in [0.2, 0.25) is 0 Å². The van der Waals surface area contributed by atoms with E-state index >= 15 is 0 Å². The van der Waals surface area contributed by atoms with Gasteiger partial charge in [-0.15, -0.1) is 22.2 Å². The maximum atomic E-state index is 5.94. The second-order valence-electron chi connectivity index (χ2n) is 3.54. The molecule has 0 nitrogen and oxygen atoms in total. The largest absolute Gasteiger partial charge is 0.278 e. The lowest BCUT2D eigenvalue weighted by atomic mass is 10.0. The zero-order valence-corrected chi connectivity index (χ0v) is 11.2. The van der Waals surface area contributed by atoms with Crippen LogP contribution in [-0.2, 0) is 6.04 Å². The van der Waals surface area contributed by atoms with Crippen LogP contribution in [0, 0.1) is 0 Å². The van der Waals surface area contributed by atoms with Crippen LogP contribution in [0.4, 0.5) is 0 Å². The molecule has 1 radical (unpaired) electrons. The van der Waals surface area contributed by atoms with Crippen molar-refractivity contribution < 1.29 is 0 Å². The molecule has 0 aromatic heterocycles. The van der Waals surface area contributed by atoms with E-state index in [4.69, 9.17) is 22.2 Å². The van der Waals surface area contributed by atoms with Gasteiger partial charge >= 0.3 is 0 Å². The van der Waals surface area contributed by atoms with Gasteiger partial charge in [0, 0.05) is 0 Å². The first-order valence-electron chi connectivity index (χ1n) is 5.07. The molecule has 0 aliphatic carbocycles. The van der Waals surface area contributed by atoms with Crippen molar-refractivity contribution in [2.24, 2.45) is 0 Å². The Morgan fingerprint density at radius 3 is 2.12 bits per heavy atom. The van der Waals surface area contributed by atoms with E-state index in [9.17, 15) is 0 Å². The molecular weight excluding hydrogens is 255 g/mol. The molecule has 81 valence electrons. The van der Waals surface area contributed by atoms with Gasteiger partial charge in [-0.2, -0.15) is 0 Å². The second-order valence-corrected chi connectivity index (χ2v) is 7.89. The molecule has 2 rings (SSSR count). The first kappa shape index (κ1) is 11.7. The van der Waals surface area contributed by atoms with Gasteiger partial charge in [-0.25, -0.2) is 0 Å². The second kappa shape index (κ2) is 5.53. The molecular formula is C13H11Cl2Si. The van der Waals surface area contributed by atoms with Gasteiger partial charge in [0.2, 0.25) is 0 Å². The summed E-state index contributed by atoms with van der Waals surface area (Å²) in [5.41, 5.74) is 3.68. The Morgan fingerprint density at radius 2 is 1.44 bits per heavy atom. The van der Waals surface area contributed by atoms with Gasteiger partial charge in [0.05, 0.1) is 0 Å². The van der Waals surface area contributed by atoms with Gasteiger partial charge in [0.15, 0.2) is 0 Å². The van der Waals surface area contributed by atoms with E-state index in [1.54, 1.807) is 0 Å². The molecule has 0 saturated heterocycles. The number of benzene rings is 2. The van der Waals surface area contributed by atoms with Crippen LogP contribution in [0.5, 0.6) is 0 Å². The van der Waals surface area contributed by atoms with Gasteiger partial charge in [-0.05, 0) is 22.7 Å². The van der Waals surface area contributed by atoms with E-state index in [0.717, 1.165) is 6.04 Å². The summed E-state index contributed by atoms with van der Waals surface area (Å²) in [5.74, 6) is 0. The first-order valence-corrected chi connectivity index (χ1v) is 8.80. The number of hydrogen-bond acceptors (Lipinski definition) is 0. The van der Waals surface area contributed by atoms with E-state index in [-0.39, 0.29) is 0 Å². The Kier molecular flexibility index (Phi) is 4.05. The predicted molar refractivity (Wildman–Crippen MR) is 73.0 cm³/mol. The van der Waals surface area contributed by atoms with Gasteiger partial charge in [-0.1, -0.05) is 54.6 Å². The van der Waals surface area contributed by atoms with Crippen molar-refractivity contribution in [3.8, 4) is 11.1 Å². The van der Waals surface area contributed by atoms with Crippen LogP contribution < -0.4 is 0 Å². The van der Waals surface area contributed by atoms with Gasteiger partial charge < -0.3 is 0 Å². The minimum Gasteiger partial charge on any atom is -0.146 e. The van der Waals surface area contributed by atoms with Crippen molar-refractivity contribution in [3.05, 3.63) is 60.2 Å². The van der Waals surface area contributed by atoms with Crippen LogP contribution in [0.3, 0.4) is 0 Å². The van der Waals surface area contributed by atoms with Crippen LogP contribution in [0.1, 0.15) is 5.56 Å². The Hall–Kier alpha value is -0.763. The normalized spacial score (nSPS) is 10.7. The average Bonchev–Trinajstić information content (AvgIpc) is 2.30. The molecule has 0 aliphatic rings. The fourth-order valence-electron chi connectivity index (χ4n) is 1.72. The molecule has 16 heavy (non-hydrogen) atoms. The SMILES string of the molecule is Cl[Si](Cl)Cc1ccccc1-c1ccccc1. The van der Waals surface area contributed by atoms with Crippen molar-refractivity contribution in [2.75, 3.05) is 0 Å². The van der Waals surface area contributed by atoms with Crippen LogP contribution in [0.25, 0.3) is 11.1 Å². The molecule has 0 bridgehead atoms. The highest BCUT2D eigenvalue weighted by Crippen LogP contribution is 2.24. The maximum absolute atomic E-state index is 5.94. The van der Waals surface area contributed by atoms with E-state index in [1.807, 2.05) is 30.3 Å². The highest BCUT2D eigenvalue weighted by Gasteiger charge is 2.09. The summed E-state index contributed by atoms with van der Waals surface area (Å²) in [6.07, 6.45) is 0. The third-order valence-corrected chi connectivity index (χ3v) is 3.88. The first-order chi connectivity index (χ1) is 7.77. The molecule has 0 aliphatic heterocycles. The molecule has 0 amide bonds. The van der Waals surface area contributed by atoms with Crippen molar-refractivity contribution in [3.63, 3.8) is 0 Å². The number of rotatable bonds is 3. The summed E-state index contributed by atoms with van der Waals surface area (Å²) in [4.78, 5) is 0. The lowest BCUT2D eigenvalue weighted by Crippen LogP contribution is -2.01. The smallest absolute Gasteiger partial charge is 0.146 e. The minimum absolute atomic E-state index is 0.777. The standard InChI is InChI=1S/C13H11Cl2Si/c14-16(15)10-12-8-4-5-9-13(12)11-6-2-1-3-7-11/h1-9H,10H2. The molecule has 2 aromatic rings. The van der Waals surface area contributed by atoms with Gasteiger partial charge in [-0.3, -0.25) is 0 Å². The molecule has 0 saturated carbocycles. The van der Waals surface area contributed by atoms with E-state index < -0.39 is 7.42 Å². The van der Waals surface area contributed by atoms with E-state index in [2.05, 4.69) is 24.3 Å². The maximum Gasteiger partial charge on any atom is 0.278 e. The van der Waals surface area contributed by atoms with E-state index in [0.29, 0.717) is 0 Å². The predicted octanol–water partition coefficient (Wildman–Crippen LogP) is 4.40. The van der Waals surface area contributed by atoms with Crippen molar-refractivity contribution >= 4 is 29.6 Å². The summed E-state index contributed by atoms with van der Waals surface area (Å²) in [5, 5.41) is 0. The highest BCUT2D eigenvalue weighted by molar-refractivity contribution is 7.33. The number of hydrogen-bond donors (Lipinski definition) is 0. The highest BCUT2D eigenvalue weighted by atomic mass is 35.7. The fraction of sp³-hybridized carbons (Fsp3) is 0.0769. The van der Waals surface area contributed by atoms with Crippen LogP contribution in [-0.4, -0.2) is 7.42 Å². The summed E-state index contributed by atoms with van der Waals surface area (Å²) in [6, 6.07) is 19.4. The lowest BCUT2D eigenvalue weighted by Gasteiger charge is -2.09.